The molecule has 0 aliphatic carbocycles. The molecule has 0 aliphatic heterocycles. The van der Waals surface area contributed by atoms with Crippen molar-refractivity contribution in [2.24, 2.45) is 0 Å². The summed E-state index contributed by atoms with van der Waals surface area (Å²) in [6, 6.07) is 27.0. The van der Waals surface area contributed by atoms with Crippen LogP contribution in [0.5, 0.6) is 0 Å². The van der Waals surface area contributed by atoms with Crippen LogP contribution >= 0.6 is 0 Å². The van der Waals surface area contributed by atoms with Crippen LogP contribution in [0.2, 0.25) is 0 Å². The Bertz CT molecular complexity index is 772. The Balaban J connectivity index is 2.19. The van der Waals surface area contributed by atoms with Crippen molar-refractivity contribution in [1.29, 1.82) is 0 Å². The molecule has 0 spiro atoms. The van der Waals surface area contributed by atoms with Crippen LogP contribution < -0.4 is 0 Å². The standard InChI is InChI=1S/C24H26O2/c1-2-3-18-23(25)21-16-10-11-17-22(21)24(26,19-12-6-4-7-13-19)20-14-8-5-9-15-20/h4-17,23,25-26H,2-3,18H2,1H3. The molecular formula is C24H26O2. The van der Waals surface area contributed by atoms with E-state index < -0.39 is 11.7 Å². The van der Waals surface area contributed by atoms with Crippen molar-refractivity contribution in [3.63, 3.8) is 0 Å². The van der Waals surface area contributed by atoms with Gasteiger partial charge in [-0.2, -0.15) is 0 Å². The smallest absolute Gasteiger partial charge is 0.140 e. The monoisotopic (exact) mass is 346 g/mol. The molecule has 0 radical (unpaired) electrons. The van der Waals surface area contributed by atoms with Gasteiger partial charge >= 0.3 is 0 Å². The van der Waals surface area contributed by atoms with E-state index >= 15 is 0 Å². The third-order valence-electron chi connectivity index (χ3n) is 4.92. The van der Waals surface area contributed by atoms with Crippen LogP contribution in [0.4, 0.5) is 0 Å². The maximum atomic E-state index is 12.0. The average Bonchev–Trinajstić information content (AvgIpc) is 2.72. The molecule has 26 heavy (non-hydrogen) atoms. The molecule has 0 fully saturated rings. The van der Waals surface area contributed by atoms with E-state index in [0.29, 0.717) is 6.42 Å². The van der Waals surface area contributed by atoms with Gasteiger partial charge in [0.05, 0.1) is 6.10 Å². The maximum absolute atomic E-state index is 12.0. The second-order valence-electron chi connectivity index (χ2n) is 6.69. The molecular weight excluding hydrogens is 320 g/mol. The number of aliphatic hydroxyl groups is 2. The van der Waals surface area contributed by atoms with Crippen molar-refractivity contribution < 1.29 is 10.2 Å². The highest BCUT2D eigenvalue weighted by molar-refractivity contribution is 5.50. The zero-order valence-electron chi connectivity index (χ0n) is 15.2. The highest BCUT2D eigenvalue weighted by atomic mass is 16.3. The van der Waals surface area contributed by atoms with Gasteiger partial charge in [0, 0.05) is 0 Å². The predicted octanol–water partition coefficient (Wildman–Crippen LogP) is 5.19. The van der Waals surface area contributed by atoms with Gasteiger partial charge in [-0.25, -0.2) is 0 Å². The molecule has 2 nitrogen and oxygen atoms in total. The van der Waals surface area contributed by atoms with E-state index in [0.717, 1.165) is 35.1 Å². The van der Waals surface area contributed by atoms with E-state index in [1.165, 1.54) is 0 Å². The molecule has 0 saturated heterocycles. The van der Waals surface area contributed by atoms with E-state index in [2.05, 4.69) is 6.92 Å². The Kier molecular flexibility index (Phi) is 5.87. The average molecular weight is 346 g/mol. The largest absolute Gasteiger partial charge is 0.388 e. The van der Waals surface area contributed by atoms with Crippen molar-refractivity contribution in [1.82, 2.24) is 0 Å². The molecule has 2 heteroatoms. The molecule has 3 aromatic carbocycles. The topological polar surface area (TPSA) is 40.5 Å². The Labute approximate surface area is 155 Å². The van der Waals surface area contributed by atoms with Crippen LogP contribution in [0.15, 0.2) is 84.9 Å². The fourth-order valence-corrected chi connectivity index (χ4v) is 3.51. The first-order valence-corrected chi connectivity index (χ1v) is 9.28. The summed E-state index contributed by atoms with van der Waals surface area (Å²) in [7, 11) is 0. The lowest BCUT2D eigenvalue weighted by Crippen LogP contribution is -2.30. The first-order chi connectivity index (χ1) is 12.7. The van der Waals surface area contributed by atoms with Crippen LogP contribution in [-0.4, -0.2) is 10.2 Å². The fourth-order valence-electron chi connectivity index (χ4n) is 3.51. The van der Waals surface area contributed by atoms with Gasteiger partial charge in [-0.05, 0) is 28.7 Å². The summed E-state index contributed by atoms with van der Waals surface area (Å²) in [6.45, 7) is 2.11. The molecule has 1 atom stereocenters. The Morgan fingerprint density at radius 2 is 1.27 bits per heavy atom. The van der Waals surface area contributed by atoms with E-state index in [9.17, 15) is 10.2 Å². The van der Waals surface area contributed by atoms with Crippen molar-refractivity contribution in [3.8, 4) is 0 Å². The molecule has 3 aromatic rings. The van der Waals surface area contributed by atoms with Gasteiger partial charge in [0.25, 0.3) is 0 Å². The van der Waals surface area contributed by atoms with E-state index in [1.54, 1.807) is 0 Å². The van der Waals surface area contributed by atoms with Gasteiger partial charge in [0.2, 0.25) is 0 Å². The summed E-state index contributed by atoms with van der Waals surface area (Å²) in [6.07, 6.45) is 2.07. The SMILES string of the molecule is CCCCC(O)c1ccccc1C(O)(c1ccccc1)c1ccccc1. The molecule has 0 heterocycles. The molecule has 0 aliphatic rings. The summed E-state index contributed by atoms with van der Waals surface area (Å²) in [5.41, 5.74) is 1.80. The van der Waals surface area contributed by atoms with Crippen LogP contribution in [0.3, 0.4) is 0 Å². The fraction of sp³-hybridized carbons (Fsp3) is 0.250. The van der Waals surface area contributed by atoms with E-state index in [4.69, 9.17) is 0 Å². The first kappa shape index (κ1) is 18.4. The highest BCUT2D eigenvalue weighted by Crippen LogP contribution is 2.40. The zero-order chi connectivity index (χ0) is 18.4. The third kappa shape index (κ3) is 3.57. The number of rotatable bonds is 7. The minimum atomic E-state index is -1.31. The van der Waals surface area contributed by atoms with Gasteiger partial charge in [0.15, 0.2) is 0 Å². The summed E-state index contributed by atoms with van der Waals surface area (Å²) in [5, 5.41) is 22.7. The Morgan fingerprint density at radius 3 is 1.81 bits per heavy atom. The second kappa shape index (κ2) is 8.31. The molecule has 1 unspecified atom stereocenters. The van der Waals surface area contributed by atoms with Crippen LogP contribution in [-0.2, 0) is 5.60 Å². The third-order valence-corrected chi connectivity index (χ3v) is 4.92. The number of unbranched alkanes of at least 4 members (excludes halogenated alkanes) is 1. The van der Waals surface area contributed by atoms with Crippen molar-refractivity contribution in [2.45, 2.75) is 37.9 Å². The minimum absolute atomic E-state index is 0.593. The van der Waals surface area contributed by atoms with E-state index in [1.807, 2.05) is 84.9 Å². The molecule has 0 amide bonds. The second-order valence-corrected chi connectivity index (χ2v) is 6.69. The molecule has 2 N–H and O–H groups in total. The van der Waals surface area contributed by atoms with Gasteiger partial charge in [-0.15, -0.1) is 0 Å². The quantitative estimate of drug-likeness (QED) is 0.578. The molecule has 0 bridgehead atoms. The van der Waals surface area contributed by atoms with Gasteiger partial charge in [-0.1, -0.05) is 105 Å². The van der Waals surface area contributed by atoms with Crippen LogP contribution in [0.1, 0.15) is 54.5 Å². The summed E-state index contributed by atoms with van der Waals surface area (Å²) < 4.78 is 0. The number of hydrogen-bond acceptors (Lipinski definition) is 2. The zero-order valence-corrected chi connectivity index (χ0v) is 15.2. The Morgan fingerprint density at radius 1 is 0.769 bits per heavy atom. The van der Waals surface area contributed by atoms with Gasteiger partial charge in [-0.3, -0.25) is 0 Å². The van der Waals surface area contributed by atoms with Gasteiger partial charge in [0.1, 0.15) is 5.60 Å². The maximum Gasteiger partial charge on any atom is 0.140 e. The highest BCUT2D eigenvalue weighted by Gasteiger charge is 2.36. The first-order valence-electron chi connectivity index (χ1n) is 9.28. The van der Waals surface area contributed by atoms with Gasteiger partial charge < -0.3 is 10.2 Å². The van der Waals surface area contributed by atoms with Crippen molar-refractivity contribution in [3.05, 3.63) is 107 Å². The van der Waals surface area contributed by atoms with Crippen LogP contribution in [0, 0.1) is 0 Å². The number of hydrogen-bond donors (Lipinski definition) is 2. The lowest BCUT2D eigenvalue weighted by atomic mass is 9.77. The molecule has 0 aromatic heterocycles. The minimum Gasteiger partial charge on any atom is -0.388 e. The lowest BCUT2D eigenvalue weighted by Gasteiger charge is -2.33. The van der Waals surface area contributed by atoms with E-state index in [-0.39, 0.29) is 0 Å². The lowest BCUT2D eigenvalue weighted by molar-refractivity contribution is 0.114. The Hall–Kier alpha value is -2.42. The normalized spacial score (nSPS) is 12.7. The summed E-state index contributed by atoms with van der Waals surface area (Å²) in [4.78, 5) is 0. The number of aliphatic hydroxyl groups excluding tert-OH is 1. The summed E-state index contributed by atoms with van der Waals surface area (Å²) >= 11 is 0. The number of benzene rings is 3. The van der Waals surface area contributed by atoms with Crippen molar-refractivity contribution >= 4 is 0 Å². The summed E-state index contributed by atoms with van der Waals surface area (Å²) in [5.74, 6) is 0. The molecule has 3 rings (SSSR count). The van der Waals surface area contributed by atoms with Crippen molar-refractivity contribution in [2.75, 3.05) is 0 Å². The predicted molar refractivity (Wildman–Crippen MR) is 106 cm³/mol. The molecule has 134 valence electrons. The van der Waals surface area contributed by atoms with Crippen LogP contribution in [0.25, 0.3) is 0 Å². The molecule has 0 saturated carbocycles.